The molecule has 0 spiro atoms. The van der Waals surface area contributed by atoms with Gasteiger partial charge >= 0.3 is 0 Å². The quantitative estimate of drug-likeness (QED) is 0.882. The predicted molar refractivity (Wildman–Crippen MR) is 89.1 cm³/mol. The van der Waals surface area contributed by atoms with E-state index in [4.69, 9.17) is 23.2 Å². The molecule has 1 saturated heterocycles. The standard InChI is InChI=1S/C13H18Cl2N2O2S.ClH/c1-16-8-10-4-3-7-17(9-10)20(18,19)13-11(14)5-2-6-12(13)15;/h2,5-6,10,16H,3-4,7-9H2,1H3;1H. The normalized spacial score (nSPS) is 20.0. The molecule has 0 aliphatic carbocycles. The van der Waals surface area contributed by atoms with E-state index < -0.39 is 10.0 Å². The molecule has 1 atom stereocenters. The van der Waals surface area contributed by atoms with Crippen LogP contribution in [0.1, 0.15) is 12.8 Å². The summed E-state index contributed by atoms with van der Waals surface area (Å²) in [6, 6.07) is 4.74. The summed E-state index contributed by atoms with van der Waals surface area (Å²) in [6.07, 6.45) is 1.89. The van der Waals surface area contributed by atoms with Crippen molar-refractivity contribution in [3.05, 3.63) is 28.2 Å². The van der Waals surface area contributed by atoms with Gasteiger partial charge in [-0.3, -0.25) is 0 Å². The van der Waals surface area contributed by atoms with Gasteiger partial charge in [-0.1, -0.05) is 29.3 Å². The van der Waals surface area contributed by atoms with E-state index in [0.29, 0.717) is 19.0 Å². The fourth-order valence-corrected chi connectivity index (χ4v) is 5.20. The Labute approximate surface area is 142 Å². The molecule has 0 saturated carbocycles. The highest BCUT2D eigenvalue weighted by Crippen LogP contribution is 2.33. The van der Waals surface area contributed by atoms with E-state index in [9.17, 15) is 8.42 Å². The highest BCUT2D eigenvalue weighted by Gasteiger charge is 2.32. The number of hydrogen-bond acceptors (Lipinski definition) is 3. The smallest absolute Gasteiger partial charge is 0.246 e. The summed E-state index contributed by atoms with van der Waals surface area (Å²) in [6.45, 7) is 1.83. The maximum absolute atomic E-state index is 12.7. The maximum Gasteiger partial charge on any atom is 0.246 e. The third-order valence-corrected chi connectivity index (χ3v) is 6.31. The van der Waals surface area contributed by atoms with Crippen LogP contribution in [0.4, 0.5) is 0 Å². The average molecular weight is 374 g/mol. The third-order valence-electron chi connectivity index (χ3n) is 3.49. The molecule has 1 aliphatic rings. The first-order chi connectivity index (χ1) is 9.46. The second kappa shape index (κ2) is 7.99. The van der Waals surface area contributed by atoms with Gasteiger partial charge in [0.2, 0.25) is 10.0 Å². The van der Waals surface area contributed by atoms with E-state index in [1.54, 1.807) is 18.2 Å². The molecule has 1 unspecified atom stereocenters. The van der Waals surface area contributed by atoms with Gasteiger partial charge < -0.3 is 5.32 Å². The van der Waals surface area contributed by atoms with Gasteiger partial charge in [-0.2, -0.15) is 4.31 Å². The van der Waals surface area contributed by atoms with Crippen molar-refractivity contribution in [2.45, 2.75) is 17.7 Å². The molecule has 4 nitrogen and oxygen atoms in total. The van der Waals surface area contributed by atoms with Crippen molar-refractivity contribution in [1.29, 1.82) is 0 Å². The molecule has 0 aromatic heterocycles. The lowest BCUT2D eigenvalue weighted by Crippen LogP contribution is -2.42. The van der Waals surface area contributed by atoms with Gasteiger partial charge in [-0.15, -0.1) is 12.4 Å². The zero-order valence-corrected chi connectivity index (χ0v) is 14.8. The lowest BCUT2D eigenvalue weighted by Gasteiger charge is -2.32. The Kier molecular flexibility index (Phi) is 7.24. The van der Waals surface area contributed by atoms with Gasteiger partial charge in [0.25, 0.3) is 0 Å². The highest BCUT2D eigenvalue weighted by molar-refractivity contribution is 7.89. The molecule has 0 radical (unpaired) electrons. The molecule has 8 heteroatoms. The molecular formula is C13H19Cl3N2O2S. The van der Waals surface area contributed by atoms with Gasteiger partial charge in [0.15, 0.2) is 0 Å². The van der Waals surface area contributed by atoms with Crippen LogP contribution in [0.25, 0.3) is 0 Å². The first-order valence-electron chi connectivity index (χ1n) is 6.55. The van der Waals surface area contributed by atoms with Crippen LogP contribution in [0, 0.1) is 5.92 Å². The number of benzene rings is 1. The molecule has 120 valence electrons. The minimum absolute atomic E-state index is 0. The lowest BCUT2D eigenvalue weighted by atomic mass is 10.00. The average Bonchev–Trinajstić information content (AvgIpc) is 2.39. The summed E-state index contributed by atoms with van der Waals surface area (Å²) in [5.41, 5.74) is 0. The van der Waals surface area contributed by atoms with E-state index in [1.807, 2.05) is 7.05 Å². The summed E-state index contributed by atoms with van der Waals surface area (Å²) < 4.78 is 26.9. The first kappa shape index (κ1) is 19.0. The van der Waals surface area contributed by atoms with Crippen LogP contribution in [0.15, 0.2) is 23.1 Å². The molecule has 1 fully saturated rings. The molecule has 2 rings (SSSR count). The van der Waals surface area contributed by atoms with Crippen LogP contribution in [0.2, 0.25) is 10.0 Å². The zero-order valence-electron chi connectivity index (χ0n) is 11.7. The SMILES string of the molecule is CNCC1CCCN(S(=O)(=O)c2c(Cl)cccc2Cl)C1.Cl. The maximum atomic E-state index is 12.7. The van der Waals surface area contributed by atoms with Gasteiger partial charge in [0, 0.05) is 13.1 Å². The topological polar surface area (TPSA) is 49.4 Å². The van der Waals surface area contributed by atoms with E-state index >= 15 is 0 Å². The Bertz CT molecular complexity index is 559. The fourth-order valence-electron chi connectivity index (χ4n) is 2.56. The molecule has 1 aromatic carbocycles. The Hall–Kier alpha value is -0.0400. The van der Waals surface area contributed by atoms with E-state index in [0.717, 1.165) is 19.4 Å². The Balaban J connectivity index is 0.00000220. The lowest BCUT2D eigenvalue weighted by molar-refractivity contribution is 0.263. The Morgan fingerprint density at radius 1 is 1.33 bits per heavy atom. The molecular weight excluding hydrogens is 355 g/mol. The van der Waals surface area contributed by atoms with Gasteiger partial charge in [0.1, 0.15) is 4.90 Å². The number of sulfonamides is 1. The molecule has 0 amide bonds. The van der Waals surface area contributed by atoms with Crippen molar-refractivity contribution in [3.8, 4) is 0 Å². The molecule has 1 N–H and O–H groups in total. The largest absolute Gasteiger partial charge is 0.319 e. The van der Waals surface area contributed by atoms with Crippen molar-refractivity contribution in [2.75, 3.05) is 26.7 Å². The second-order valence-electron chi connectivity index (χ2n) is 4.98. The number of piperidine rings is 1. The summed E-state index contributed by atoms with van der Waals surface area (Å²) in [5.74, 6) is 0.324. The number of halogens is 3. The van der Waals surface area contributed by atoms with E-state index in [1.165, 1.54) is 4.31 Å². The summed E-state index contributed by atoms with van der Waals surface area (Å²) in [5, 5.41) is 3.45. The predicted octanol–water partition coefficient (Wildman–Crippen LogP) is 3.04. The Morgan fingerprint density at radius 3 is 2.52 bits per heavy atom. The van der Waals surface area contributed by atoms with Crippen molar-refractivity contribution >= 4 is 45.6 Å². The zero-order chi connectivity index (χ0) is 14.8. The molecule has 1 aromatic rings. The van der Waals surface area contributed by atoms with Gasteiger partial charge in [-0.05, 0) is 44.5 Å². The van der Waals surface area contributed by atoms with Crippen LogP contribution in [-0.2, 0) is 10.0 Å². The monoisotopic (exact) mass is 372 g/mol. The van der Waals surface area contributed by atoms with Crippen molar-refractivity contribution in [2.24, 2.45) is 5.92 Å². The number of nitrogens with one attached hydrogen (secondary N) is 1. The van der Waals surface area contributed by atoms with Gasteiger partial charge in [-0.25, -0.2) is 8.42 Å². The molecule has 1 heterocycles. The third kappa shape index (κ3) is 4.24. The minimum atomic E-state index is -3.63. The summed E-state index contributed by atoms with van der Waals surface area (Å²) in [7, 11) is -1.76. The fraction of sp³-hybridized carbons (Fsp3) is 0.538. The van der Waals surface area contributed by atoms with Crippen LogP contribution in [0.3, 0.4) is 0 Å². The van der Waals surface area contributed by atoms with Crippen LogP contribution in [-0.4, -0.2) is 39.4 Å². The van der Waals surface area contributed by atoms with E-state index in [-0.39, 0.29) is 27.3 Å². The van der Waals surface area contributed by atoms with Crippen molar-refractivity contribution in [1.82, 2.24) is 9.62 Å². The van der Waals surface area contributed by atoms with Crippen molar-refractivity contribution < 1.29 is 8.42 Å². The number of hydrogen-bond donors (Lipinski definition) is 1. The number of rotatable bonds is 4. The molecule has 21 heavy (non-hydrogen) atoms. The minimum Gasteiger partial charge on any atom is -0.319 e. The van der Waals surface area contributed by atoms with Crippen molar-refractivity contribution in [3.63, 3.8) is 0 Å². The van der Waals surface area contributed by atoms with E-state index in [2.05, 4.69) is 5.32 Å². The van der Waals surface area contributed by atoms with Gasteiger partial charge in [0.05, 0.1) is 10.0 Å². The molecule has 1 aliphatic heterocycles. The summed E-state index contributed by atoms with van der Waals surface area (Å²) >= 11 is 12.1. The Morgan fingerprint density at radius 2 is 1.95 bits per heavy atom. The summed E-state index contributed by atoms with van der Waals surface area (Å²) in [4.78, 5) is 0.0217. The first-order valence-corrected chi connectivity index (χ1v) is 8.75. The molecule has 0 bridgehead atoms. The van der Waals surface area contributed by atoms with Crippen LogP contribution in [0.5, 0.6) is 0 Å². The van der Waals surface area contributed by atoms with Crippen LogP contribution >= 0.6 is 35.6 Å². The second-order valence-corrected chi connectivity index (χ2v) is 7.67. The van der Waals surface area contributed by atoms with Crippen LogP contribution < -0.4 is 5.32 Å². The number of nitrogens with zero attached hydrogens (tertiary/aromatic N) is 1. The highest BCUT2D eigenvalue weighted by atomic mass is 35.5.